The third-order valence-corrected chi connectivity index (χ3v) is 3.20. The summed E-state index contributed by atoms with van der Waals surface area (Å²) in [6.07, 6.45) is 2.93. The van der Waals surface area contributed by atoms with Gasteiger partial charge in [-0.25, -0.2) is 9.48 Å². The summed E-state index contributed by atoms with van der Waals surface area (Å²) >= 11 is 0. The summed E-state index contributed by atoms with van der Waals surface area (Å²) in [6.45, 7) is 6.32. The standard InChI is InChI=1S/C12H17N5O2/c1-4-8(2)16-6-5-10(14-16)7-17-9(3)11(12(18)19)13-15-17/h5-6,8H,4,7H2,1-3H3,(H,18,19). The number of hydrogen-bond donors (Lipinski definition) is 1. The second kappa shape index (κ2) is 5.21. The quantitative estimate of drug-likeness (QED) is 0.883. The molecule has 2 heterocycles. The van der Waals surface area contributed by atoms with Crippen LogP contribution in [0, 0.1) is 6.92 Å². The van der Waals surface area contributed by atoms with Crippen molar-refractivity contribution in [2.75, 3.05) is 0 Å². The summed E-state index contributed by atoms with van der Waals surface area (Å²) < 4.78 is 3.45. The summed E-state index contributed by atoms with van der Waals surface area (Å²) in [7, 11) is 0. The molecule has 0 saturated heterocycles. The van der Waals surface area contributed by atoms with Crippen LogP contribution in [0.2, 0.25) is 0 Å². The van der Waals surface area contributed by atoms with E-state index in [0.717, 1.165) is 12.1 Å². The lowest BCUT2D eigenvalue weighted by Crippen LogP contribution is -2.08. The highest BCUT2D eigenvalue weighted by Gasteiger charge is 2.15. The van der Waals surface area contributed by atoms with E-state index in [1.165, 1.54) is 0 Å². The van der Waals surface area contributed by atoms with Gasteiger partial charge in [0, 0.05) is 12.2 Å². The summed E-state index contributed by atoms with van der Waals surface area (Å²) in [5, 5.41) is 20.9. The first-order chi connectivity index (χ1) is 9.02. The average Bonchev–Trinajstić information content (AvgIpc) is 2.97. The topological polar surface area (TPSA) is 85.8 Å². The van der Waals surface area contributed by atoms with Gasteiger partial charge in [0.15, 0.2) is 5.69 Å². The second-order valence-corrected chi connectivity index (χ2v) is 4.53. The van der Waals surface area contributed by atoms with Crippen LogP contribution in [0.1, 0.15) is 48.2 Å². The Hall–Kier alpha value is -2.18. The number of hydrogen-bond acceptors (Lipinski definition) is 4. The SMILES string of the molecule is CCC(C)n1ccc(Cn2nnc(C(=O)O)c2C)n1. The van der Waals surface area contributed by atoms with Crippen LogP contribution >= 0.6 is 0 Å². The first-order valence-electron chi connectivity index (χ1n) is 6.20. The zero-order chi connectivity index (χ0) is 14.0. The average molecular weight is 263 g/mol. The van der Waals surface area contributed by atoms with E-state index in [0.29, 0.717) is 18.3 Å². The third kappa shape index (κ3) is 2.64. The van der Waals surface area contributed by atoms with Gasteiger partial charge < -0.3 is 5.11 Å². The molecule has 0 saturated carbocycles. The van der Waals surface area contributed by atoms with Crippen LogP contribution in [-0.2, 0) is 6.54 Å². The van der Waals surface area contributed by atoms with Crippen molar-refractivity contribution in [3.63, 3.8) is 0 Å². The largest absolute Gasteiger partial charge is 0.476 e. The number of aromatic nitrogens is 5. The van der Waals surface area contributed by atoms with E-state index >= 15 is 0 Å². The summed E-state index contributed by atoms with van der Waals surface area (Å²) in [5.74, 6) is -1.06. The van der Waals surface area contributed by atoms with E-state index in [-0.39, 0.29) is 5.69 Å². The summed E-state index contributed by atoms with van der Waals surface area (Å²) in [5.41, 5.74) is 1.36. The highest BCUT2D eigenvalue weighted by molar-refractivity contribution is 5.86. The minimum absolute atomic E-state index is 0.0126. The fraction of sp³-hybridized carbons (Fsp3) is 0.500. The lowest BCUT2D eigenvalue weighted by Gasteiger charge is -2.08. The Morgan fingerprint density at radius 3 is 2.84 bits per heavy atom. The molecule has 1 N–H and O–H groups in total. The van der Waals surface area contributed by atoms with Crippen LogP contribution in [-0.4, -0.2) is 35.9 Å². The van der Waals surface area contributed by atoms with Gasteiger partial charge in [-0.3, -0.25) is 4.68 Å². The van der Waals surface area contributed by atoms with Crippen LogP contribution in [0.3, 0.4) is 0 Å². The normalized spacial score (nSPS) is 12.6. The van der Waals surface area contributed by atoms with Gasteiger partial charge in [-0.05, 0) is 26.3 Å². The van der Waals surface area contributed by atoms with Crippen molar-refractivity contribution in [3.05, 3.63) is 29.3 Å². The fourth-order valence-corrected chi connectivity index (χ4v) is 1.76. The van der Waals surface area contributed by atoms with Gasteiger partial charge in [0.1, 0.15) is 0 Å². The molecule has 0 aliphatic heterocycles. The van der Waals surface area contributed by atoms with Crippen LogP contribution in [0.5, 0.6) is 0 Å². The molecule has 1 unspecified atom stereocenters. The van der Waals surface area contributed by atoms with Gasteiger partial charge in [-0.2, -0.15) is 5.10 Å². The number of aromatic carboxylic acids is 1. The molecule has 102 valence electrons. The predicted molar refractivity (Wildman–Crippen MR) is 68.0 cm³/mol. The molecule has 0 radical (unpaired) electrons. The van der Waals surface area contributed by atoms with Crippen molar-refractivity contribution in [2.45, 2.75) is 39.8 Å². The minimum Gasteiger partial charge on any atom is -0.476 e. The molecule has 7 nitrogen and oxygen atoms in total. The maximum absolute atomic E-state index is 10.9. The zero-order valence-electron chi connectivity index (χ0n) is 11.2. The molecular formula is C12H17N5O2. The number of nitrogens with zero attached hydrogens (tertiary/aromatic N) is 5. The Kier molecular flexibility index (Phi) is 3.64. The Bertz CT molecular complexity index is 587. The Labute approximate surface area is 110 Å². The van der Waals surface area contributed by atoms with Crippen molar-refractivity contribution in [1.82, 2.24) is 24.8 Å². The molecule has 0 amide bonds. The van der Waals surface area contributed by atoms with Crippen molar-refractivity contribution < 1.29 is 9.90 Å². The van der Waals surface area contributed by atoms with Gasteiger partial charge in [-0.15, -0.1) is 5.10 Å². The highest BCUT2D eigenvalue weighted by atomic mass is 16.4. The van der Waals surface area contributed by atoms with Crippen LogP contribution in [0.15, 0.2) is 12.3 Å². The van der Waals surface area contributed by atoms with Crippen LogP contribution in [0.4, 0.5) is 0 Å². The first-order valence-corrected chi connectivity index (χ1v) is 6.20. The third-order valence-electron chi connectivity index (χ3n) is 3.20. The molecule has 0 aromatic carbocycles. The minimum atomic E-state index is -1.06. The monoisotopic (exact) mass is 263 g/mol. The van der Waals surface area contributed by atoms with E-state index in [9.17, 15) is 4.79 Å². The molecule has 2 aromatic heterocycles. The molecular weight excluding hydrogens is 246 g/mol. The Balaban J connectivity index is 2.17. The molecule has 2 aromatic rings. The molecule has 0 aliphatic carbocycles. The van der Waals surface area contributed by atoms with Crippen molar-refractivity contribution in [3.8, 4) is 0 Å². The molecule has 0 bridgehead atoms. The predicted octanol–water partition coefficient (Wildman–Crippen LogP) is 1.50. The van der Waals surface area contributed by atoms with E-state index < -0.39 is 5.97 Å². The van der Waals surface area contributed by atoms with Crippen molar-refractivity contribution >= 4 is 5.97 Å². The maximum Gasteiger partial charge on any atom is 0.358 e. The lowest BCUT2D eigenvalue weighted by atomic mass is 10.3. The maximum atomic E-state index is 10.9. The lowest BCUT2D eigenvalue weighted by molar-refractivity contribution is 0.0689. The van der Waals surface area contributed by atoms with Gasteiger partial charge in [-0.1, -0.05) is 12.1 Å². The van der Waals surface area contributed by atoms with Crippen LogP contribution < -0.4 is 0 Å². The fourth-order valence-electron chi connectivity index (χ4n) is 1.76. The number of rotatable bonds is 5. The van der Waals surface area contributed by atoms with Gasteiger partial charge >= 0.3 is 5.97 Å². The van der Waals surface area contributed by atoms with Gasteiger partial charge in [0.2, 0.25) is 0 Å². The number of carbonyl (C=O) groups is 1. The molecule has 19 heavy (non-hydrogen) atoms. The zero-order valence-corrected chi connectivity index (χ0v) is 11.2. The van der Waals surface area contributed by atoms with E-state index in [2.05, 4.69) is 29.3 Å². The Morgan fingerprint density at radius 2 is 2.26 bits per heavy atom. The molecule has 1 atom stereocenters. The number of carboxylic acid groups (broad SMARTS) is 1. The molecule has 2 rings (SSSR count). The van der Waals surface area contributed by atoms with Gasteiger partial charge in [0.05, 0.1) is 17.9 Å². The van der Waals surface area contributed by atoms with Crippen LogP contribution in [0.25, 0.3) is 0 Å². The van der Waals surface area contributed by atoms with E-state index in [1.807, 2.05) is 16.9 Å². The van der Waals surface area contributed by atoms with E-state index in [4.69, 9.17) is 5.11 Å². The second-order valence-electron chi connectivity index (χ2n) is 4.53. The Morgan fingerprint density at radius 1 is 1.53 bits per heavy atom. The molecule has 0 fully saturated rings. The highest BCUT2D eigenvalue weighted by Crippen LogP contribution is 2.11. The van der Waals surface area contributed by atoms with Crippen molar-refractivity contribution in [2.24, 2.45) is 0 Å². The molecule has 0 aliphatic rings. The number of carboxylic acids is 1. The summed E-state index contributed by atoms with van der Waals surface area (Å²) in [6, 6.07) is 2.26. The van der Waals surface area contributed by atoms with Gasteiger partial charge in [0.25, 0.3) is 0 Å². The summed E-state index contributed by atoms with van der Waals surface area (Å²) in [4.78, 5) is 10.9. The van der Waals surface area contributed by atoms with E-state index in [1.54, 1.807) is 11.6 Å². The molecule has 0 spiro atoms. The first kappa shape index (κ1) is 13.3. The molecule has 7 heteroatoms. The smallest absolute Gasteiger partial charge is 0.358 e. The van der Waals surface area contributed by atoms with Crippen molar-refractivity contribution in [1.29, 1.82) is 0 Å².